The van der Waals surface area contributed by atoms with E-state index >= 15 is 0 Å². The molecule has 0 radical (unpaired) electrons. The van der Waals surface area contributed by atoms with Gasteiger partial charge in [0.2, 0.25) is 5.91 Å². The summed E-state index contributed by atoms with van der Waals surface area (Å²) in [5.41, 5.74) is 0. The second-order valence-electron chi connectivity index (χ2n) is 15.0. The van der Waals surface area contributed by atoms with Gasteiger partial charge in [0.1, 0.15) is 12.2 Å². The highest BCUT2D eigenvalue weighted by Crippen LogP contribution is 2.16. The van der Waals surface area contributed by atoms with Crippen LogP contribution >= 0.6 is 0 Å². The lowest BCUT2D eigenvalue weighted by Gasteiger charge is -2.27. The summed E-state index contributed by atoms with van der Waals surface area (Å²) in [6, 6.07) is -0.996. The van der Waals surface area contributed by atoms with Crippen LogP contribution in [0.4, 0.5) is 0 Å². The van der Waals surface area contributed by atoms with E-state index in [2.05, 4.69) is 31.3 Å². The minimum absolute atomic E-state index is 0.368. The topological polar surface area (TPSA) is 110 Å². The van der Waals surface area contributed by atoms with Gasteiger partial charge in [0.05, 0.1) is 18.8 Å². The summed E-state index contributed by atoms with van der Waals surface area (Å²) in [5.74, 6) is -0.591. The Hall–Kier alpha value is -0.950. The maximum atomic E-state index is 12.5. The summed E-state index contributed by atoms with van der Waals surface area (Å²) in [6.45, 7) is 4.03. The molecule has 0 aliphatic carbocycles. The summed E-state index contributed by atoms with van der Waals surface area (Å²) >= 11 is 0. The number of allylic oxidation sites excluding steroid dienone is 2. The zero-order chi connectivity index (χ0) is 36.0. The SMILES string of the molecule is CCCCCCCCCC=CCCCC(O)C(O)C(CO)NC(=O)C(O)CCCCCCCCCCCCCCCCCCCCCCC. The van der Waals surface area contributed by atoms with Crippen molar-refractivity contribution in [2.24, 2.45) is 0 Å². The first-order chi connectivity index (χ1) is 24.0. The fourth-order valence-corrected chi connectivity index (χ4v) is 6.76. The van der Waals surface area contributed by atoms with Gasteiger partial charge in [-0.3, -0.25) is 4.79 Å². The highest BCUT2D eigenvalue weighted by Gasteiger charge is 2.28. The molecule has 0 saturated heterocycles. The van der Waals surface area contributed by atoms with Crippen LogP contribution in [-0.4, -0.2) is 57.3 Å². The van der Waals surface area contributed by atoms with Crippen molar-refractivity contribution in [1.82, 2.24) is 5.32 Å². The summed E-state index contributed by atoms with van der Waals surface area (Å²) in [5, 5.41) is 43.5. The van der Waals surface area contributed by atoms with Crippen molar-refractivity contribution >= 4 is 5.91 Å². The van der Waals surface area contributed by atoms with Crippen molar-refractivity contribution in [2.45, 2.75) is 250 Å². The Balaban J connectivity index is 3.71. The third-order valence-corrected chi connectivity index (χ3v) is 10.2. The molecule has 0 heterocycles. The molecular formula is C43H85NO5. The maximum absolute atomic E-state index is 12.5. The van der Waals surface area contributed by atoms with Gasteiger partial charge in [-0.25, -0.2) is 0 Å². The molecule has 0 aromatic carbocycles. The first kappa shape index (κ1) is 48.0. The van der Waals surface area contributed by atoms with E-state index < -0.39 is 36.9 Å². The van der Waals surface area contributed by atoms with Crippen LogP contribution in [0.5, 0.6) is 0 Å². The summed E-state index contributed by atoms with van der Waals surface area (Å²) in [4.78, 5) is 12.5. The van der Waals surface area contributed by atoms with Crippen molar-refractivity contribution < 1.29 is 25.2 Å². The van der Waals surface area contributed by atoms with Crippen LogP contribution in [0.15, 0.2) is 12.2 Å². The minimum Gasteiger partial charge on any atom is -0.394 e. The molecule has 6 nitrogen and oxygen atoms in total. The number of rotatable bonds is 39. The Morgan fingerprint density at radius 1 is 0.490 bits per heavy atom. The molecule has 6 heteroatoms. The standard InChI is InChI=1S/C43H85NO5/c1-3-5-7-9-11-13-15-17-18-19-20-21-22-23-24-25-27-29-31-33-35-37-41(47)43(49)44-39(38-45)42(48)40(46)36-34-32-30-28-26-16-14-12-10-8-6-4-2/h28,30,39-42,45-48H,3-27,29,31-38H2,1-2H3,(H,44,49). The van der Waals surface area contributed by atoms with E-state index in [-0.39, 0.29) is 0 Å². The molecule has 0 saturated carbocycles. The van der Waals surface area contributed by atoms with E-state index in [1.54, 1.807) is 0 Å². The van der Waals surface area contributed by atoms with E-state index in [1.165, 1.54) is 161 Å². The van der Waals surface area contributed by atoms with Crippen molar-refractivity contribution in [3.05, 3.63) is 12.2 Å². The Labute approximate surface area is 304 Å². The van der Waals surface area contributed by atoms with Gasteiger partial charge in [-0.15, -0.1) is 0 Å². The van der Waals surface area contributed by atoms with Crippen LogP contribution in [0.3, 0.4) is 0 Å². The highest BCUT2D eigenvalue weighted by atomic mass is 16.3. The van der Waals surface area contributed by atoms with Crippen LogP contribution in [0.25, 0.3) is 0 Å². The smallest absolute Gasteiger partial charge is 0.249 e. The molecule has 292 valence electrons. The fraction of sp³-hybridized carbons (Fsp3) is 0.930. The van der Waals surface area contributed by atoms with E-state index in [0.717, 1.165) is 38.5 Å². The van der Waals surface area contributed by atoms with E-state index in [9.17, 15) is 25.2 Å². The van der Waals surface area contributed by atoms with Gasteiger partial charge >= 0.3 is 0 Å². The zero-order valence-electron chi connectivity index (χ0n) is 32.7. The summed E-state index contributed by atoms with van der Waals surface area (Å²) in [6.07, 6.45) is 41.0. The number of nitrogens with one attached hydrogen (secondary N) is 1. The predicted molar refractivity (Wildman–Crippen MR) is 210 cm³/mol. The number of unbranched alkanes of at least 4 members (excludes halogenated alkanes) is 28. The maximum Gasteiger partial charge on any atom is 0.249 e. The summed E-state index contributed by atoms with van der Waals surface area (Å²) in [7, 11) is 0. The lowest BCUT2D eigenvalue weighted by Crippen LogP contribution is -2.53. The number of amides is 1. The van der Waals surface area contributed by atoms with Crippen LogP contribution in [-0.2, 0) is 4.79 Å². The fourth-order valence-electron chi connectivity index (χ4n) is 6.76. The summed E-state index contributed by atoms with van der Waals surface area (Å²) < 4.78 is 0. The first-order valence-corrected chi connectivity index (χ1v) is 21.6. The molecule has 0 aliphatic rings. The van der Waals surface area contributed by atoms with Crippen molar-refractivity contribution in [2.75, 3.05) is 6.61 Å². The average Bonchev–Trinajstić information content (AvgIpc) is 3.11. The lowest BCUT2D eigenvalue weighted by atomic mass is 10.00. The normalized spacial score (nSPS) is 14.3. The number of aliphatic hydroxyl groups excluding tert-OH is 4. The third kappa shape index (κ3) is 32.7. The van der Waals surface area contributed by atoms with Gasteiger partial charge in [-0.2, -0.15) is 0 Å². The quantitative estimate of drug-likeness (QED) is 0.0325. The average molecular weight is 696 g/mol. The van der Waals surface area contributed by atoms with Crippen molar-refractivity contribution in [3.8, 4) is 0 Å². The van der Waals surface area contributed by atoms with Crippen LogP contribution in [0.2, 0.25) is 0 Å². The molecule has 0 spiro atoms. The number of hydrogen-bond donors (Lipinski definition) is 5. The molecule has 1 amide bonds. The van der Waals surface area contributed by atoms with Gasteiger partial charge in [0, 0.05) is 0 Å². The first-order valence-electron chi connectivity index (χ1n) is 21.6. The largest absolute Gasteiger partial charge is 0.394 e. The molecule has 5 N–H and O–H groups in total. The number of carbonyl (C=O) groups is 1. The van der Waals surface area contributed by atoms with Crippen LogP contribution < -0.4 is 5.32 Å². The second-order valence-corrected chi connectivity index (χ2v) is 15.0. The monoisotopic (exact) mass is 696 g/mol. The third-order valence-electron chi connectivity index (χ3n) is 10.2. The number of carbonyl (C=O) groups excluding carboxylic acids is 1. The molecule has 0 rings (SSSR count). The van der Waals surface area contributed by atoms with Crippen molar-refractivity contribution in [3.63, 3.8) is 0 Å². The molecule has 0 bridgehead atoms. The number of hydrogen-bond acceptors (Lipinski definition) is 5. The van der Waals surface area contributed by atoms with Crippen LogP contribution in [0, 0.1) is 0 Å². The Morgan fingerprint density at radius 3 is 1.22 bits per heavy atom. The highest BCUT2D eigenvalue weighted by molar-refractivity contribution is 5.80. The molecule has 4 atom stereocenters. The van der Waals surface area contributed by atoms with Gasteiger partial charge in [-0.05, 0) is 38.5 Å². The molecule has 0 aromatic rings. The van der Waals surface area contributed by atoms with Gasteiger partial charge < -0.3 is 25.7 Å². The molecule has 0 aliphatic heterocycles. The molecule has 0 fully saturated rings. The minimum atomic E-state index is -1.28. The van der Waals surface area contributed by atoms with E-state index in [0.29, 0.717) is 12.8 Å². The van der Waals surface area contributed by atoms with Gasteiger partial charge in [0.15, 0.2) is 0 Å². The Morgan fingerprint density at radius 2 is 0.837 bits per heavy atom. The zero-order valence-corrected chi connectivity index (χ0v) is 32.7. The predicted octanol–water partition coefficient (Wildman–Crippen LogP) is 11.0. The molecular weight excluding hydrogens is 610 g/mol. The molecule has 0 aromatic heterocycles. The van der Waals surface area contributed by atoms with Crippen LogP contribution in [0.1, 0.15) is 226 Å². The van der Waals surface area contributed by atoms with Gasteiger partial charge in [-0.1, -0.05) is 199 Å². The molecule has 49 heavy (non-hydrogen) atoms. The Bertz CT molecular complexity index is 702. The molecule has 4 unspecified atom stereocenters. The van der Waals surface area contributed by atoms with Crippen molar-refractivity contribution in [1.29, 1.82) is 0 Å². The van der Waals surface area contributed by atoms with E-state index in [1.807, 2.05) is 0 Å². The Kier molecular flexibility index (Phi) is 37.5. The van der Waals surface area contributed by atoms with E-state index in [4.69, 9.17) is 0 Å². The van der Waals surface area contributed by atoms with Gasteiger partial charge in [0.25, 0.3) is 0 Å². The number of aliphatic hydroxyl groups is 4. The lowest BCUT2D eigenvalue weighted by molar-refractivity contribution is -0.132. The second kappa shape index (κ2) is 38.3.